The summed E-state index contributed by atoms with van der Waals surface area (Å²) in [7, 11) is 0. The highest BCUT2D eigenvalue weighted by atomic mass is 16.2. The van der Waals surface area contributed by atoms with E-state index in [-0.39, 0.29) is 11.8 Å². The lowest BCUT2D eigenvalue weighted by Gasteiger charge is -2.42. The molecule has 0 saturated carbocycles. The predicted molar refractivity (Wildman–Crippen MR) is 112 cm³/mol. The molecule has 5 heteroatoms. The fourth-order valence-electron chi connectivity index (χ4n) is 4.76. The van der Waals surface area contributed by atoms with Crippen molar-refractivity contribution in [2.45, 2.75) is 30.6 Å². The molecule has 0 aliphatic carbocycles. The second-order valence-electron chi connectivity index (χ2n) is 8.00. The maximum Gasteiger partial charge on any atom is 0.245 e. The van der Waals surface area contributed by atoms with Gasteiger partial charge in [0.1, 0.15) is 0 Å². The highest BCUT2D eigenvalue weighted by Gasteiger charge is 2.46. The molecule has 4 rings (SSSR count). The van der Waals surface area contributed by atoms with Crippen molar-refractivity contribution in [1.82, 2.24) is 14.8 Å². The van der Waals surface area contributed by atoms with Crippen LogP contribution in [0.3, 0.4) is 0 Å². The SMILES string of the molecule is C=CC(=O)N1CCC(C(=O)N2CCC(c3cccnc3)C2)(c2ccccc2)CC1. The lowest BCUT2D eigenvalue weighted by molar-refractivity contribution is -0.141. The molecule has 1 aromatic heterocycles. The van der Waals surface area contributed by atoms with E-state index in [9.17, 15) is 9.59 Å². The fraction of sp³-hybridized carbons (Fsp3) is 0.375. The summed E-state index contributed by atoms with van der Waals surface area (Å²) in [6, 6.07) is 14.1. The first-order chi connectivity index (χ1) is 14.1. The Hall–Kier alpha value is -2.95. The minimum Gasteiger partial charge on any atom is -0.341 e. The Morgan fingerprint density at radius 2 is 1.79 bits per heavy atom. The van der Waals surface area contributed by atoms with E-state index in [0.717, 1.165) is 25.1 Å². The van der Waals surface area contributed by atoms with Crippen LogP contribution in [0.1, 0.15) is 36.3 Å². The summed E-state index contributed by atoms with van der Waals surface area (Å²) in [4.78, 5) is 33.9. The molecule has 2 amide bonds. The minimum absolute atomic E-state index is 0.0584. The van der Waals surface area contributed by atoms with Crippen molar-refractivity contribution in [3.05, 3.63) is 78.6 Å². The van der Waals surface area contributed by atoms with Gasteiger partial charge in [0.2, 0.25) is 11.8 Å². The van der Waals surface area contributed by atoms with Crippen LogP contribution >= 0.6 is 0 Å². The zero-order valence-corrected chi connectivity index (χ0v) is 16.7. The number of aromatic nitrogens is 1. The van der Waals surface area contributed by atoms with Gasteiger partial charge in [-0.25, -0.2) is 0 Å². The molecule has 2 fully saturated rings. The topological polar surface area (TPSA) is 53.5 Å². The van der Waals surface area contributed by atoms with Gasteiger partial charge in [-0.1, -0.05) is 43.0 Å². The van der Waals surface area contributed by atoms with Gasteiger partial charge in [0.15, 0.2) is 0 Å². The smallest absolute Gasteiger partial charge is 0.245 e. The Labute approximate surface area is 172 Å². The molecule has 2 aliphatic rings. The standard InChI is InChI=1S/C24H27N3O2/c1-2-22(28)26-15-11-24(12-16-26,21-8-4-3-5-9-21)23(29)27-14-10-20(18-27)19-7-6-13-25-17-19/h2-9,13,17,20H,1,10-12,14-16,18H2. The van der Waals surface area contributed by atoms with Crippen LogP contribution in [0.25, 0.3) is 0 Å². The Morgan fingerprint density at radius 3 is 2.45 bits per heavy atom. The van der Waals surface area contributed by atoms with E-state index in [4.69, 9.17) is 0 Å². The molecule has 1 aromatic carbocycles. The van der Waals surface area contributed by atoms with Gasteiger partial charge in [-0.15, -0.1) is 0 Å². The molecule has 0 bridgehead atoms. The lowest BCUT2D eigenvalue weighted by Crippen LogP contribution is -2.53. The van der Waals surface area contributed by atoms with Gasteiger partial charge < -0.3 is 9.80 Å². The Kier molecular flexibility index (Phi) is 5.47. The summed E-state index contributed by atoms with van der Waals surface area (Å²) in [6.07, 6.45) is 7.29. The number of hydrogen-bond acceptors (Lipinski definition) is 3. The van der Waals surface area contributed by atoms with Crippen molar-refractivity contribution in [2.75, 3.05) is 26.2 Å². The second kappa shape index (κ2) is 8.19. The van der Waals surface area contributed by atoms with Crippen LogP contribution in [0, 0.1) is 0 Å². The van der Waals surface area contributed by atoms with Crippen molar-refractivity contribution in [2.24, 2.45) is 0 Å². The Balaban J connectivity index is 1.57. The van der Waals surface area contributed by atoms with Gasteiger partial charge in [-0.2, -0.15) is 0 Å². The molecule has 2 aliphatic heterocycles. The van der Waals surface area contributed by atoms with Crippen molar-refractivity contribution < 1.29 is 9.59 Å². The third-order valence-corrected chi connectivity index (χ3v) is 6.47. The molecule has 2 aromatic rings. The van der Waals surface area contributed by atoms with E-state index in [1.807, 2.05) is 35.4 Å². The van der Waals surface area contributed by atoms with Gasteiger partial charge in [0.05, 0.1) is 5.41 Å². The number of carbonyl (C=O) groups is 2. The number of hydrogen-bond donors (Lipinski definition) is 0. The molecule has 0 spiro atoms. The molecule has 0 N–H and O–H groups in total. The first-order valence-corrected chi connectivity index (χ1v) is 10.3. The number of pyridine rings is 1. The summed E-state index contributed by atoms with van der Waals surface area (Å²) in [6.45, 7) is 6.24. The number of carbonyl (C=O) groups excluding carboxylic acids is 2. The van der Waals surface area contributed by atoms with E-state index in [1.54, 1.807) is 11.1 Å². The molecule has 2 saturated heterocycles. The highest BCUT2D eigenvalue weighted by molar-refractivity contribution is 5.90. The molecular weight excluding hydrogens is 362 g/mol. The van der Waals surface area contributed by atoms with Crippen LogP contribution in [-0.4, -0.2) is 52.8 Å². The molecule has 29 heavy (non-hydrogen) atoms. The summed E-state index contributed by atoms with van der Waals surface area (Å²) in [5.41, 5.74) is 1.69. The number of piperidine rings is 1. The zero-order chi connectivity index (χ0) is 20.3. The molecule has 3 heterocycles. The molecule has 1 unspecified atom stereocenters. The highest BCUT2D eigenvalue weighted by Crippen LogP contribution is 2.39. The third-order valence-electron chi connectivity index (χ3n) is 6.47. The van der Waals surface area contributed by atoms with Crippen LogP contribution in [-0.2, 0) is 15.0 Å². The second-order valence-corrected chi connectivity index (χ2v) is 8.00. The average molecular weight is 389 g/mol. The van der Waals surface area contributed by atoms with Crippen LogP contribution < -0.4 is 0 Å². The largest absolute Gasteiger partial charge is 0.341 e. The molecule has 150 valence electrons. The van der Waals surface area contributed by atoms with Crippen molar-refractivity contribution in [3.8, 4) is 0 Å². The van der Waals surface area contributed by atoms with Gasteiger partial charge in [-0.3, -0.25) is 14.6 Å². The molecule has 1 atom stereocenters. The van der Waals surface area contributed by atoms with E-state index in [0.29, 0.717) is 31.8 Å². The fourth-order valence-corrected chi connectivity index (χ4v) is 4.76. The van der Waals surface area contributed by atoms with Gasteiger partial charge in [0, 0.05) is 44.5 Å². The minimum atomic E-state index is -0.566. The van der Waals surface area contributed by atoms with Gasteiger partial charge in [0.25, 0.3) is 0 Å². The maximum absolute atomic E-state index is 13.8. The van der Waals surface area contributed by atoms with Gasteiger partial charge >= 0.3 is 0 Å². The normalized spacial score (nSPS) is 21.0. The average Bonchev–Trinajstić information content (AvgIpc) is 3.29. The molecule has 0 radical (unpaired) electrons. The first kappa shape index (κ1) is 19.4. The van der Waals surface area contributed by atoms with Crippen molar-refractivity contribution >= 4 is 11.8 Å². The van der Waals surface area contributed by atoms with Gasteiger partial charge in [-0.05, 0) is 42.5 Å². The number of benzene rings is 1. The number of rotatable bonds is 4. The van der Waals surface area contributed by atoms with Crippen molar-refractivity contribution in [1.29, 1.82) is 0 Å². The summed E-state index contributed by atoms with van der Waals surface area (Å²) in [5.74, 6) is 0.473. The van der Waals surface area contributed by atoms with Crippen LogP contribution in [0.4, 0.5) is 0 Å². The van der Waals surface area contributed by atoms with E-state index in [2.05, 4.69) is 29.8 Å². The van der Waals surface area contributed by atoms with Crippen LogP contribution in [0.2, 0.25) is 0 Å². The maximum atomic E-state index is 13.8. The summed E-state index contributed by atoms with van der Waals surface area (Å²) >= 11 is 0. The molecule has 5 nitrogen and oxygen atoms in total. The third kappa shape index (κ3) is 3.69. The zero-order valence-electron chi connectivity index (χ0n) is 16.7. The Morgan fingerprint density at radius 1 is 1.03 bits per heavy atom. The number of nitrogens with zero attached hydrogens (tertiary/aromatic N) is 3. The summed E-state index contributed by atoms with van der Waals surface area (Å²) in [5, 5.41) is 0. The Bertz CT molecular complexity index is 874. The van der Waals surface area contributed by atoms with Crippen molar-refractivity contribution in [3.63, 3.8) is 0 Å². The first-order valence-electron chi connectivity index (χ1n) is 10.3. The van der Waals surface area contributed by atoms with E-state index in [1.165, 1.54) is 11.6 Å². The van der Waals surface area contributed by atoms with E-state index >= 15 is 0 Å². The lowest BCUT2D eigenvalue weighted by atomic mass is 9.71. The monoisotopic (exact) mass is 389 g/mol. The van der Waals surface area contributed by atoms with Crippen LogP contribution in [0.15, 0.2) is 67.5 Å². The molecular formula is C24H27N3O2. The number of likely N-dealkylation sites (tertiary alicyclic amines) is 2. The summed E-state index contributed by atoms with van der Waals surface area (Å²) < 4.78 is 0. The quantitative estimate of drug-likeness (QED) is 0.755. The number of amides is 2. The van der Waals surface area contributed by atoms with E-state index < -0.39 is 5.41 Å². The van der Waals surface area contributed by atoms with Crippen LogP contribution in [0.5, 0.6) is 0 Å². The predicted octanol–water partition coefficient (Wildman–Crippen LogP) is 3.14.